The molecule has 1 atom stereocenters. The summed E-state index contributed by atoms with van der Waals surface area (Å²) in [5.74, 6) is 0. The molecule has 0 aromatic heterocycles. The fourth-order valence-corrected chi connectivity index (χ4v) is 2.01. The molecule has 0 radical (unpaired) electrons. The summed E-state index contributed by atoms with van der Waals surface area (Å²) in [7, 11) is 0. The molecule has 1 heterocycles. The second-order valence-corrected chi connectivity index (χ2v) is 4.17. The van der Waals surface area contributed by atoms with Crippen molar-refractivity contribution < 1.29 is 10.0 Å². The van der Waals surface area contributed by atoms with Crippen molar-refractivity contribution in [1.29, 1.82) is 0 Å². The topological polar surface area (TPSA) is 66.6 Å². The highest BCUT2D eigenvalue weighted by Gasteiger charge is 2.22. The molecular weight excluding hydrogens is 208 g/mol. The Morgan fingerprint density at radius 2 is 2.25 bits per heavy atom. The molecule has 16 heavy (non-hydrogen) atoms. The summed E-state index contributed by atoms with van der Waals surface area (Å²) >= 11 is 0. The zero-order chi connectivity index (χ0) is 11.7. The van der Waals surface area contributed by atoms with Crippen molar-refractivity contribution >= 4 is 11.4 Å². The Labute approximate surface area is 93.5 Å². The van der Waals surface area contributed by atoms with Gasteiger partial charge in [-0.25, -0.2) is 0 Å². The number of nitro groups is 1. The molecule has 1 N–H and O–H groups in total. The SMILES string of the molecule is Cc1cc(N2CC[C@H](O)C2)cc([N+](=O)[O-])c1. The predicted octanol–water partition coefficient (Wildman–Crippen LogP) is 1.47. The van der Waals surface area contributed by atoms with E-state index in [0.717, 1.165) is 24.2 Å². The largest absolute Gasteiger partial charge is 0.391 e. The number of aliphatic hydroxyl groups is 1. The van der Waals surface area contributed by atoms with Gasteiger partial charge in [-0.05, 0) is 25.0 Å². The molecule has 1 aliphatic heterocycles. The Kier molecular flexibility index (Phi) is 2.78. The Morgan fingerprint density at radius 1 is 1.50 bits per heavy atom. The van der Waals surface area contributed by atoms with Crippen LogP contribution in [0.15, 0.2) is 18.2 Å². The molecule has 0 unspecified atom stereocenters. The molecule has 2 rings (SSSR count). The van der Waals surface area contributed by atoms with Gasteiger partial charge in [0, 0.05) is 30.9 Å². The lowest BCUT2D eigenvalue weighted by molar-refractivity contribution is -0.384. The Balaban J connectivity index is 2.30. The van der Waals surface area contributed by atoms with Gasteiger partial charge in [0.15, 0.2) is 0 Å². The molecule has 1 fully saturated rings. The number of aliphatic hydroxyl groups excluding tert-OH is 1. The maximum atomic E-state index is 10.7. The van der Waals surface area contributed by atoms with Gasteiger partial charge in [0.05, 0.1) is 11.0 Å². The maximum absolute atomic E-state index is 10.7. The number of β-amino-alcohol motifs (C(OH)–C–C–N with tert-alkyl or cyclic N) is 1. The standard InChI is InChI=1S/C11H14N2O3/c1-8-4-9(6-10(5-8)13(15)16)12-3-2-11(14)7-12/h4-6,11,14H,2-3,7H2,1H3/t11-/m0/s1. The van der Waals surface area contributed by atoms with Crippen LogP contribution in [0.1, 0.15) is 12.0 Å². The van der Waals surface area contributed by atoms with Gasteiger partial charge in [0.25, 0.3) is 5.69 Å². The number of anilines is 1. The quantitative estimate of drug-likeness (QED) is 0.608. The fraction of sp³-hybridized carbons (Fsp3) is 0.455. The summed E-state index contributed by atoms with van der Waals surface area (Å²) < 4.78 is 0. The minimum absolute atomic E-state index is 0.108. The first-order valence-electron chi connectivity index (χ1n) is 5.25. The van der Waals surface area contributed by atoms with Crippen LogP contribution < -0.4 is 4.90 Å². The number of non-ortho nitro benzene ring substituents is 1. The molecule has 0 saturated carbocycles. The van der Waals surface area contributed by atoms with Crippen LogP contribution in [0.5, 0.6) is 0 Å². The summed E-state index contributed by atoms with van der Waals surface area (Å²) in [6, 6.07) is 5.02. The van der Waals surface area contributed by atoms with Crippen molar-refractivity contribution in [1.82, 2.24) is 0 Å². The molecule has 1 aromatic rings. The first-order chi connectivity index (χ1) is 7.56. The molecule has 1 saturated heterocycles. The van der Waals surface area contributed by atoms with E-state index in [9.17, 15) is 15.2 Å². The number of nitro benzene ring substituents is 1. The Hall–Kier alpha value is -1.62. The lowest BCUT2D eigenvalue weighted by Gasteiger charge is -2.17. The summed E-state index contributed by atoms with van der Waals surface area (Å²) in [5.41, 5.74) is 1.80. The second kappa shape index (κ2) is 4.09. The van der Waals surface area contributed by atoms with E-state index in [4.69, 9.17) is 0 Å². The van der Waals surface area contributed by atoms with Crippen molar-refractivity contribution in [3.8, 4) is 0 Å². The van der Waals surface area contributed by atoms with Crippen molar-refractivity contribution in [3.05, 3.63) is 33.9 Å². The second-order valence-electron chi connectivity index (χ2n) is 4.17. The van der Waals surface area contributed by atoms with Gasteiger partial charge in [-0.15, -0.1) is 0 Å². The zero-order valence-electron chi connectivity index (χ0n) is 9.09. The summed E-state index contributed by atoms with van der Waals surface area (Å²) in [4.78, 5) is 12.3. The predicted molar refractivity (Wildman–Crippen MR) is 60.7 cm³/mol. The average Bonchev–Trinajstić information content (AvgIpc) is 2.64. The first kappa shape index (κ1) is 10.9. The summed E-state index contributed by atoms with van der Waals surface area (Å²) in [5, 5.41) is 20.2. The van der Waals surface area contributed by atoms with Gasteiger partial charge in [0.1, 0.15) is 0 Å². The van der Waals surface area contributed by atoms with Gasteiger partial charge in [-0.2, -0.15) is 0 Å². The average molecular weight is 222 g/mol. The normalized spacial score (nSPS) is 20.1. The lowest BCUT2D eigenvalue weighted by atomic mass is 10.2. The third kappa shape index (κ3) is 2.14. The minimum Gasteiger partial charge on any atom is -0.391 e. The van der Waals surface area contributed by atoms with Crippen LogP contribution >= 0.6 is 0 Å². The van der Waals surface area contributed by atoms with Crippen molar-refractivity contribution in [2.75, 3.05) is 18.0 Å². The molecule has 5 heteroatoms. The summed E-state index contributed by atoms with van der Waals surface area (Å²) in [6.45, 7) is 3.14. The third-order valence-corrected chi connectivity index (χ3v) is 2.79. The van der Waals surface area contributed by atoms with Crippen molar-refractivity contribution in [2.45, 2.75) is 19.4 Å². The molecule has 0 aliphatic carbocycles. The van der Waals surface area contributed by atoms with E-state index >= 15 is 0 Å². The highest BCUT2D eigenvalue weighted by atomic mass is 16.6. The van der Waals surface area contributed by atoms with E-state index in [2.05, 4.69) is 0 Å². The van der Waals surface area contributed by atoms with Gasteiger partial charge < -0.3 is 10.0 Å². The van der Waals surface area contributed by atoms with Crippen molar-refractivity contribution in [2.24, 2.45) is 0 Å². The highest BCUT2D eigenvalue weighted by Crippen LogP contribution is 2.26. The monoisotopic (exact) mass is 222 g/mol. The van der Waals surface area contributed by atoms with Crippen LogP contribution in [0.25, 0.3) is 0 Å². The van der Waals surface area contributed by atoms with E-state index in [1.807, 2.05) is 17.9 Å². The van der Waals surface area contributed by atoms with Crippen LogP contribution in [0, 0.1) is 17.0 Å². The maximum Gasteiger partial charge on any atom is 0.271 e. The molecule has 86 valence electrons. The first-order valence-corrected chi connectivity index (χ1v) is 5.25. The number of hydrogen-bond donors (Lipinski definition) is 1. The van der Waals surface area contributed by atoms with Crippen molar-refractivity contribution in [3.63, 3.8) is 0 Å². The molecule has 0 amide bonds. The van der Waals surface area contributed by atoms with Crippen LogP contribution in [0.4, 0.5) is 11.4 Å². The van der Waals surface area contributed by atoms with Gasteiger partial charge >= 0.3 is 0 Å². The van der Waals surface area contributed by atoms with E-state index in [0.29, 0.717) is 6.54 Å². The highest BCUT2D eigenvalue weighted by molar-refractivity contribution is 5.56. The number of aryl methyl sites for hydroxylation is 1. The lowest BCUT2D eigenvalue weighted by Crippen LogP contribution is -2.21. The van der Waals surface area contributed by atoms with E-state index in [1.54, 1.807) is 12.1 Å². The molecule has 0 spiro atoms. The molecular formula is C11H14N2O3. The number of hydrogen-bond acceptors (Lipinski definition) is 4. The number of nitrogens with zero attached hydrogens (tertiary/aromatic N) is 2. The van der Waals surface area contributed by atoms with Crippen LogP contribution in [-0.4, -0.2) is 29.2 Å². The zero-order valence-corrected chi connectivity index (χ0v) is 9.09. The van der Waals surface area contributed by atoms with Gasteiger partial charge in [-0.1, -0.05) is 0 Å². The molecule has 1 aromatic carbocycles. The van der Waals surface area contributed by atoms with Crippen LogP contribution in [0.3, 0.4) is 0 Å². The minimum atomic E-state index is -0.386. The van der Waals surface area contributed by atoms with E-state index in [1.165, 1.54) is 0 Å². The number of benzene rings is 1. The van der Waals surface area contributed by atoms with Crippen LogP contribution in [-0.2, 0) is 0 Å². The smallest absolute Gasteiger partial charge is 0.271 e. The van der Waals surface area contributed by atoms with E-state index < -0.39 is 0 Å². The molecule has 5 nitrogen and oxygen atoms in total. The fourth-order valence-electron chi connectivity index (χ4n) is 2.01. The van der Waals surface area contributed by atoms with Crippen LogP contribution in [0.2, 0.25) is 0 Å². The molecule has 1 aliphatic rings. The Bertz CT molecular complexity index is 420. The van der Waals surface area contributed by atoms with Gasteiger partial charge in [-0.3, -0.25) is 10.1 Å². The molecule has 0 bridgehead atoms. The van der Waals surface area contributed by atoms with Gasteiger partial charge in [0.2, 0.25) is 0 Å². The third-order valence-electron chi connectivity index (χ3n) is 2.79. The number of rotatable bonds is 2. The summed E-state index contributed by atoms with van der Waals surface area (Å²) in [6.07, 6.45) is 0.404. The Morgan fingerprint density at radius 3 is 2.81 bits per heavy atom. The van der Waals surface area contributed by atoms with E-state index in [-0.39, 0.29) is 16.7 Å².